The Kier molecular flexibility index (Phi) is 4.29. The second-order valence-corrected chi connectivity index (χ2v) is 6.96. The number of aromatic nitrogens is 3. The van der Waals surface area contributed by atoms with Crippen molar-refractivity contribution in [2.75, 3.05) is 0 Å². The van der Waals surface area contributed by atoms with Crippen LogP contribution in [0, 0.1) is 0 Å². The molecule has 1 aromatic carbocycles. The van der Waals surface area contributed by atoms with Gasteiger partial charge in [-0.25, -0.2) is 4.98 Å². The number of rotatable bonds is 5. The van der Waals surface area contributed by atoms with Crippen LogP contribution in [0.25, 0.3) is 10.4 Å². The number of hydrogen-bond acceptors (Lipinski definition) is 7. The van der Waals surface area contributed by atoms with E-state index in [-0.39, 0.29) is 30.4 Å². The minimum Gasteiger partial charge on any atom is -0.422 e. The molecule has 7 nitrogen and oxygen atoms in total. The predicted molar refractivity (Wildman–Crippen MR) is 91.0 cm³/mol. The van der Waals surface area contributed by atoms with Gasteiger partial charge in [0.25, 0.3) is 5.91 Å². The van der Waals surface area contributed by atoms with Gasteiger partial charge in [-0.05, 0) is 18.4 Å². The number of carbonyl (C=O) groups excluding carboxylic acids is 1. The van der Waals surface area contributed by atoms with Gasteiger partial charge < -0.3 is 14.8 Å². The highest BCUT2D eigenvalue weighted by atomic mass is 32.1. The first-order chi connectivity index (χ1) is 12.2. The summed E-state index contributed by atoms with van der Waals surface area (Å²) in [6.07, 6.45) is 3.22. The SMILES string of the molecule is O=C(N[C@H]1C[C@H](c2nnc(CO)o2)C1)c1ncc(-c2ccccc2)s1. The van der Waals surface area contributed by atoms with Crippen LogP contribution in [-0.2, 0) is 6.61 Å². The van der Waals surface area contributed by atoms with E-state index in [1.165, 1.54) is 11.3 Å². The Bertz CT molecular complexity index is 871. The number of aliphatic hydroxyl groups excluding tert-OH is 1. The predicted octanol–water partition coefficient (Wildman–Crippen LogP) is 2.36. The van der Waals surface area contributed by atoms with E-state index in [2.05, 4.69) is 20.5 Å². The van der Waals surface area contributed by atoms with E-state index in [1.807, 2.05) is 30.3 Å². The molecular formula is C17H16N4O3S. The molecule has 2 heterocycles. The van der Waals surface area contributed by atoms with Crippen LogP contribution in [0.3, 0.4) is 0 Å². The van der Waals surface area contributed by atoms with Gasteiger partial charge in [-0.2, -0.15) is 0 Å². The van der Waals surface area contributed by atoms with Gasteiger partial charge in [0, 0.05) is 18.2 Å². The molecule has 0 bridgehead atoms. The Labute approximate surface area is 147 Å². The molecular weight excluding hydrogens is 340 g/mol. The van der Waals surface area contributed by atoms with Crippen LogP contribution < -0.4 is 5.32 Å². The minimum atomic E-state index is -0.256. The Morgan fingerprint density at radius 1 is 1.28 bits per heavy atom. The first-order valence-corrected chi connectivity index (χ1v) is 8.80. The molecule has 0 aliphatic heterocycles. The fourth-order valence-electron chi connectivity index (χ4n) is 2.79. The largest absolute Gasteiger partial charge is 0.422 e. The van der Waals surface area contributed by atoms with Gasteiger partial charge in [-0.3, -0.25) is 4.79 Å². The Morgan fingerprint density at radius 2 is 2.08 bits per heavy atom. The topological polar surface area (TPSA) is 101 Å². The number of carbonyl (C=O) groups is 1. The first-order valence-electron chi connectivity index (χ1n) is 7.98. The molecule has 3 aromatic rings. The number of thiazole rings is 1. The maximum absolute atomic E-state index is 12.3. The number of hydrogen-bond donors (Lipinski definition) is 2. The van der Waals surface area contributed by atoms with Gasteiger partial charge in [0.15, 0.2) is 5.01 Å². The molecule has 0 unspecified atom stereocenters. The van der Waals surface area contributed by atoms with Crippen molar-refractivity contribution >= 4 is 17.2 Å². The minimum absolute atomic E-state index is 0.0750. The Hall–Kier alpha value is -2.58. The normalized spacial score (nSPS) is 19.4. The molecule has 0 radical (unpaired) electrons. The molecule has 0 atom stereocenters. The number of aliphatic hydroxyl groups is 1. The van der Waals surface area contributed by atoms with E-state index >= 15 is 0 Å². The molecule has 0 spiro atoms. The fraction of sp³-hybridized carbons (Fsp3) is 0.294. The zero-order valence-corrected chi connectivity index (χ0v) is 14.1. The van der Waals surface area contributed by atoms with Gasteiger partial charge >= 0.3 is 0 Å². The summed E-state index contributed by atoms with van der Waals surface area (Å²) in [7, 11) is 0. The molecule has 1 saturated carbocycles. The van der Waals surface area contributed by atoms with Gasteiger partial charge in [-0.15, -0.1) is 21.5 Å². The summed E-state index contributed by atoms with van der Waals surface area (Å²) >= 11 is 1.38. The lowest BCUT2D eigenvalue weighted by molar-refractivity contribution is 0.0902. The summed E-state index contributed by atoms with van der Waals surface area (Å²) in [5.41, 5.74) is 1.05. The maximum Gasteiger partial charge on any atom is 0.280 e. The monoisotopic (exact) mass is 356 g/mol. The van der Waals surface area contributed by atoms with Gasteiger partial charge in [-0.1, -0.05) is 30.3 Å². The van der Waals surface area contributed by atoms with Crippen LogP contribution in [0.5, 0.6) is 0 Å². The second-order valence-electron chi connectivity index (χ2n) is 5.93. The Morgan fingerprint density at radius 3 is 2.80 bits per heavy atom. The number of nitrogens with one attached hydrogen (secondary N) is 1. The van der Waals surface area contributed by atoms with Crippen LogP contribution in [0.15, 0.2) is 40.9 Å². The molecule has 1 aliphatic carbocycles. The van der Waals surface area contributed by atoms with Crippen molar-refractivity contribution in [3.05, 3.63) is 53.3 Å². The van der Waals surface area contributed by atoms with Crippen LogP contribution in [0.4, 0.5) is 0 Å². The zero-order valence-electron chi connectivity index (χ0n) is 13.3. The average molecular weight is 356 g/mol. The highest BCUT2D eigenvalue weighted by Gasteiger charge is 2.35. The number of benzene rings is 1. The fourth-order valence-corrected chi connectivity index (χ4v) is 3.62. The lowest BCUT2D eigenvalue weighted by atomic mass is 9.80. The third kappa shape index (κ3) is 3.31. The van der Waals surface area contributed by atoms with Crippen LogP contribution in [0.1, 0.15) is 40.3 Å². The van der Waals surface area contributed by atoms with E-state index in [0.717, 1.165) is 23.3 Å². The summed E-state index contributed by atoms with van der Waals surface area (Å²) in [6.45, 7) is -0.256. The second kappa shape index (κ2) is 6.73. The molecule has 1 fully saturated rings. The summed E-state index contributed by atoms with van der Waals surface area (Å²) in [4.78, 5) is 17.5. The van der Waals surface area contributed by atoms with E-state index in [4.69, 9.17) is 9.52 Å². The lowest BCUT2D eigenvalue weighted by Crippen LogP contribution is -2.43. The van der Waals surface area contributed by atoms with Crippen molar-refractivity contribution < 1.29 is 14.3 Å². The quantitative estimate of drug-likeness (QED) is 0.728. The molecule has 128 valence electrons. The summed E-state index contributed by atoms with van der Waals surface area (Å²) in [5, 5.41) is 20.1. The van der Waals surface area contributed by atoms with E-state index in [9.17, 15) is 4.79 Å². The molecule has 8 heteroatoms. The lowest BCUT2D eigenvalue weighted by Gasteiger charge is -2.33. The highest BCUT2D eigenvalue weighted by Crippen LogP contribution is 2.36. The smallest absolute Gasteiger partial charge is 0.280 e. The number of amides is 1. The zero-order chi connectivity index (χ0) is 17.2. The van der Waals surface area contributed by atoms with Crippen molar-refractivity contribution in [2.24, 2.45) is 0 Å². The van der Waals surface area contributed by atoms with Gasteiger partial charge in [0.1, 0.15) is 6.61 Å². The Balaban J connectivity index is 1.34. The van der Waals surface area contributed by atoms with Crippen molar-refractivity contribution in [3.8, 4) is 10.4 Å². The highest BCUT2D eigenvalue weighted by molar-refractivity contribution is 7.16. The van der Waals surface area contributed by atoms with Crippen LogP contribution in [-0.4, -0.2) is 32.2 Å². The van der Waals surface area contributed by atoms with E-state index < -0.39 is 0 Å². The first kappa shape index (κ1) is 15.9. The van der Waals surface area contributed by atoms with Crippen molar-refractivity contribution in [1.82, 2.24) is 20.5 Å². The van der Waals surface area contributed by atoms with E-state index in [1.54, 1.807) is 6.20 Å². The maximum atomic E-state index is 12.3. The van der Waals surface area contributed by atoms with Crippen molar-refractivity contribution in [2.45, 2.75) is 31.4 Å². The van der Waals surface area contributed by atoms with E-state index in [0.29, 0.717) is 10.9 Å². The van der Waals surface area contributed by atoms with Crippen molar-refractivity contribution in [1.29, 1.82) is 0 Å². The van der Waals surface area contributed by atoms with Crippen molar-refractivity contribution in [3.63, 3.8) is 0 Å². The van der Waals surface area contributed by atoms with Crippen LogP contribution >= 0.6 is 11.3 Å². The third-order valence-electron chi connectivity index (χ3n) is 4.20. The summed E-state index contributed by atoms with van der Waals surface area (Å²) < 4.78 is 5.33. The molecule has 2 aromatic heterocycles. The van der Waals surface area contributed by atoms with Crippen LogP contribution in [0.2, 0.25) is 0 Å². The summed E-state index contributed by atoms with van der Waals surface area (Å²) in [6, 6.07) is 9.95. The average Bonchev–Trinajstić information content (AvgIpc) is 3.27. The summed E-state index contributed by atoms with van der Waals surface area (Å²) in [5.74, 6) is 0.723. The van der Waals surface area contributed by atoms with Gasteiger partial charge in [0.05, 0.1) is 4.88 Å². The molecule has 0 saturated heterocycles. The third-order valence-corrected chi connectivity index (χ3v) is 5.24. The standard InChI is InChI=1S/C17H16N4O3S/c22-9-14-20-21-16(24-14)11-6-12(7-11)19-15(23)17-18-8-13(25-17)10-4-2-1-3-5-10/h1-5,8,11-12,22H,6-7,9H2,(H,19,23)/t11-,12-. The molecule has 25 heavy (non-hydrogen) atoms. The molecule has 4 rings (SSSR count). The van der Waals surface area contributed by atoms with Gasteiger partial charge in [0.2, 0.25) is 11.8 Å². The number of nitrogens with zero attached hydrogens (tertiary/aromatic N) is 3. The molecule has 1 aliphatic rings. The molecule has 2 N–H and O–H groups in total. The molecule has 1 amide bonds.